The normalized spacial score (nSPS) is 27.4. The Morgan fingerprint density at radius 3 is 2.80 bits per heavy atom. The Kier molecular flexibility index (Phi) is 6.65. The van der Waals surface area contributed by atoms with Crippen molar-refractivity contribution in [3.8, 4) is 11.5 Å². The van der Waals surface area contributed by atoms with Crippen LogP contribution in [0.25, 0.3) is 11.5 Å². The molecule has 164 valence electrons. The van der Waals surface area contributed by atoms with Crippen LogP contribution in [-0.4, -0.2) is 65.2 Å². The number of anilines is 1. The Balaban J connectivity index is 1.51. The van der Waals surface area contributed by atoms with Crippen LogP contribution in [0.15, 0.2) is 16.8 Å². The first kappa shape index (κ1) is 21.2. The second-order valence-electron chi connectivity index (χ2n) is 8.65. The summed E-state index contributed by atoms with van der Waals surface area (Å²) in [7, 11) is 1.81. The summed E-state index contributed by atoms with van der Waals surface area (Å²) in [6.45, 7) is 5.54. The van der Waals surface area contributed by atoms with E-state index in [0.29, 0.717) is 17.8 Å². The predicted molar refractivity (Wildman–Crippen MR) is 114 cm³/mol. The fourth-order valence-electron chi connectivity index (χ4n) is 4.85. The summed E-state index contributed by atoms with van der Waals surface area (Å²) in [5.41, 5.74) is 1.90. The van der Waals surface area contributed by atoms with Crippen molar-refractivity contribution in [2.24, 2.45) is 5.92 Å². The van der Waals surface area contributed by atoms with E-state index in [4.69, 9.17) is 14.2 Å². The number of nitrogens with one attached hydrogen (secondary N) is 1. The molecule has 0 aromatic carbocycles. The number of ether oxygens (including phenoxy) is 1. The zero-order valence-electron chi connectivity index (χ0n) is 18.2. The number of hydrogen-bond donors (Lipinski definition) is 2. The van der Waals surface area contributed by atoms with Crippen molar-refractivity contribution in [1.29, 1.82) is 0 Å². The van der Waals surface area contributed by atoms with E-state index in [0.717, 1.165) is 49.3 Å². The topological polar surface area (TPSA) is 96.5 Å². The SMILES string of the molecule is COC1CCCCC1NC1CCN(c2ncc(C)cc2-c2nc(C)no2)CC1CO. The number of hydrogen-bond acceptors (Lipinski definition) is 8. The second-order valence-corrected chi connectivity index (χ2v) is 8.65. The number of methoxy groups -OCH3 is 1. The van der Waals surface area contributed by atoms with Gasteiger partial charge in [-0.25, -0.2) is 4.98 Å². The highest BCUT2D eigenvalue weighted by atomic mass is 16.5. The summed E-state index contributed by atoms with van der Waals surface area (Å²) < 4.78 is 11.1. The van der Waals surface area contributed by atoms with Gasteiger partial charge in [0.15, 0.2) is 5.82 Å². The average Bonchev–Trinajstić information content (AvgIpc) is 3.20. The van der Waals surface area contributed by atoms with Crippen LogP contribution in [0.4, 0.5) is 5.82 Å². The number of aryl methyl sites for hydroxylation is 2. The highest BCUT2D eigenvalue weighted by molar-refractivity contribution is 5.70. The van der Waals surface area contributed by atoms with Gasteiger partial charge in [-0.3, -0.25) is 0 Å². The van der Waals surface area contributed by atoms with Gasteiger partial charge in [0.1, 0.15) is 5.82 Å². The van der Waals surface area contributed by atoms with Crippen LogP contribution < -0.4 is 10.2 Å². The fraction of sp³-hybridized carbons (Fsp3) is 0.682. The van der Waals surface area contributed by atoms with Crippen molar-refractivity contribution in [1.82, 2.24) is 20.4 Å². The van der Waals surface area contributed by atoms with Gasteiger partial charge in [-0.1, -0.05) is 18.0 Å². The highest BCUT2D eigenvalue weighted by Crippen LogP contribution is 2.32. The first-order chi connectivity index (χ1) is 14.6. The molecule has 4 rings (SSSR count). The lowest BCUT2D eigenvalue weighted by molar-refractivity contribution is 0.0303. The molecule has 30 heavy (non-hydrogen) atoms. The van der Waals surface area contributed by atoms with Gasteiger partial charge in [0.05, 0.1) is 11.7 Å². The zero-order chi connectivity index (χ0) is 21.1. The summed E-state index contributed by atoms with van der Waals surface area (Å²) in [4.78, 5) is 11.3. The van der Waals surface area contributed by atoms with Gasteiger partial charge in [0, 0.05) is 51.0 Å². The number of pyridine rings is 1. The van der Waals surface area contributed by atoms with E-state index in [9.17, 15) is 5.11 Å². The molecule has 1 aliphatic heterocycles. The van der Waals surface area contributed by atoms with E-state index in [-0.39, 0.29) is 24.7 Å². The molecule has 3 heterocycles. The molecule has 0 radical (unpaired) electrons. The number of aliphatic hydroxyl groups is 1. The largest absolute Gasteiger partial charge is 0.396 e. The highest BCUT2D eigenvalue weighted by Gasteiger charge is 2.34. The maximum atomic E-state index is 10.2. The standard InChI is InChI=1S/C22H33N5O3/c1-14-10-17(22-24-15(2)26-30-22)21(23-11-14)27-9-8-18(16(12-27)13-28)25-19-6-4-5-7-20(19)29-3/h10-11,16,18-20,25,28H,4-9,12-13H2,1-3H3. The molecule has 2 aromatic heterocycles. The Morgan fingerprint density at radius 1 is 1.23 bits per heavy atom. The minimum atomic E-state index is 0.124. The molecule has 2 aromatic rings. The van der Waals surface area contributed by atoms with Crippen LogP contribution in [0.3, 0.4) is 0 Å². The number of aromatic nitrogens is 3. The van der Waals surface area contributed by atoms with Crippen LogP contribution in [0, 0.1) is 19.8 Å². The van der Waals surface area contributed by atoms with Gasteiger partial charge < -0.3 is 24.6 Å². The van der Waals surface area contributed by atoms with Crippen LogP contribution >= 0.6 is 0 Å². The molecule has 4 unspecified atom stereocenters. The lowest BCUT2D eigenvalue weighted by Crippen LogP contribution is -2.56. The quantitative estimate of drug-likeness (QED) is 0.743. The number of nitrogens with zero attached hydrogens (tertiary/aromatic N) is 4. The molecule has 2 fully saturated rings. The molecule has 1 saturated heterocycles. The molecule has 8 heteroatoms. The van der Waals surface area contributed by atoms with E-state index in [1.54, 1.807) is 7.11 Å². The van der Waals surface area contributed by atoms with Crippen molar-refractivity contribution < 1.29 is 14.4 Å². The Bertz CT molecular complexity index is 842. The maximum absolute atomic E-state index is 10.2. The lowest BCUT2D eigenvalue weighted by Gasteiger charge is -2.42. The van der Waals surface area contributed by atoms with E-state index in [2.05, 4.69) is 20.4 Å². The molecular formula is C22H33N5O3. The Labute approximate surface area is 178 Å². The summed E-state index contributed by atoms with van der Waals surface area (Å²) >= 11 is 0. The van der Waals surface area contributed by atoms with Crippen molar-refractivity contribution in [2.75, 3.05) is 31.7 Å². The van der Waals surface area contributed by atoms with Gasteiger partial charge >= 0.3 is 0 Å². The molecule has 8 nitrogen and oxygen atoms in total. The molecular weight excluding hydrogens is 382 g/mol. The van der Waals surface area contributed by atoms with E-state index in [1.165, 1.54) is 12.8 Å². The van der Waals surface area contributed by atoms with Crippen LogP contribution in [0.5, 0.6) is 0 Å². The average molecular weight is 416 g/mol. The third-order valence-corrected chi connectivity index (χ3v) is 6.46. The third kappa shape index (κ3) is 4.50. The predicted octanol–water partition coefficient (Wildman–Crippen LogP) is 2.48. The van der Waals surface area contributed by atoms with Gasteiger partial charge in [0.2, 0.25) is 0 Å². The minimum absolute atomic E-state index is 0.124. The molecule has 2 N–H and O–H groups in total. The first-order valence-corrected chi connectivity index (χ1v) is 11.0. The lowest BCUT2D eigenvalue weighted by atomic mass is 9.87. The maximum Gasteiger partial charge on any atom is 0.261 e. The van der Waals surface area contributed by atoms with E-state index in [1.807, 2.05) is 26.1 Å². The van der Waals surface area contributed by atoms with Gasteiger partial charge in [-0.15, -0.1) is 0 Å². The second kappa shape index (κ2) is 9.41. The summed E-state index contributed by atoms with van der Waals surface area (Å²) in [6.07, 6.45) is 7.79. The van der Waals surface area contributed by atoms with Crippen molar-refractivity contribution in [3.05, 3.63) is 23.7 Å². The molecule has 0 spiro atoms. The minimum Gasteiger partial charge on any atom is -0.396 e. The van der Waals surface area contributed by atoms with E-state index >= 15 is 0 Å². The van der Waals surface area contributed by atoms with Crippen molar-refractivity contribution in [2.45, 2.75) is 64.1 Å². The Hall–Kier alpha value is -2.03. The zero-order valence-corrected chi connectivity index (χ0v) is 18.2. The number of aliphatic hydroxyl groups excluding tert-OH is 1. The molecule has 4 atom stereocenters. The molecule has 1 saturated carbocycles. The summed E-state index contributed by atoms with van der Waals surface area (Å²) in [5.74, 6) is 2.06. The fourth-order valence-corrected chi connectivity index (χ4v) is 4.85. The summed E-state index contributed by atoms with van der Waals surface area (Å²) in [5, 5.41) is 17.9. The summed E-state index contributed by atoms with van der Waals surface area (Å²) in [6, 6.07) is 2.68. The molecule has 1 aliphatic carbocycles. The van der Waals surface area contributed by atoms with Gasteiger partial charge in [-0.2, -0.15) is 4.98 Å². The van der Waals surface area contributed by atoms with Crippen molar-refractivity contribution in [3.63, 3.8) is 0 Å². The first-order valence-electron chi connectivity index (χ1n) is 11.0. The van der Waals surface area contributed by atoms with Crippen LogP contribution in [0.1, 0.15) is 43.5 Å². The monoisotopic (exact) mass is 415 g/mol. The number of piperidine rings is 1. The molecule has 0 bridgehead atoms. The smallest absolute Gasteiger partial charge is 0.261 e. The van der Waals surface area contributed by atoms with Gasteiger partial charge in [0.25, 0.3) is 5.89 Å². The Morgan fingerprint density at radius 2 is 2.07 bits per heavy atom. The van der Waals surface area contributed by atoms with Gasteiger partial charge in [-0.05, 0) is 44.7 Å². The molecule has 0 amide bonds. The van der Waals surface area contributed by atoms with Crippen LogP contribution in [0.2, 0.25) is 0 Å². The molecule has 2 aliphatic rings. The third-order valence-electron chi connectivity index (χ3n) is 6.46. The van der Waals surface area contributed by atoms with Crippen LogP contribution in [-0.2, 0) is 4.74 Å². The van der Waals surface area contributed by atoms with Crippen molar-refractivity contribution >= 4 is 5.82 Å². The van der Waals surface area contributed by atoms with E-state index < -0.39 is 0 Å². The number of rotatable bonds is 6.